The lowest BCUT2D eigenvalue weighted by atomic mass is 10.2. The minimum atomic E-state index is -0.971. The van der Waals surface area contributed by atoms with Gasteiger partial charge < -0.3 is 10.0 Å². The van der Waals surface area contributed by atoms with Gasteiger partial charge in [0.2, 0.25) is 5.91 Å². The van der Waals surface area contributed by atoms with Gasteiger partial charge in [0.25, 0.3) is 0 Å². The maximum Gasteiger partial charge on any atom is 0.317 e. The van der Waals surface area contributed by atoms with E-state index in [0.29, 0.717) is 6.54 Å². The third-order valence-corrected chi connectivity index (χ3v) is 2.58. The molecule has 1 rings (SSSR count). The number of amides is 1. The van der Waals surface area contributed by atoms with Crippen molar-refractivity contribution in [3.8, 4) is 0 Å². The summed E-state index contributed by atoms with van der Waals surface area (Å²) < 4.78 is 0. The monoisotopic (exact) mass is 250 g/mol. The highest BCUT2D eigenvalue weighted by Crippen LogP contribution is 2.18. The van der Waals surface area contributed by atoms with Gasteiger partial charge in [-0.3, -0.25) is 14.9 Å². The van der Waals surface area contributed by atoms with Crippen molar-refractivity contribution in [2.75, 3.05) is 24.5 Å². The number of likely N-dealkylation sites (N-methyl/N-ethyl adjacent to an activating group) is 1. The summed E-state index contributed by atoms with van der Waals surface area (Å²) in [7, 11) is 0. The number of nitrogens with zero attached hydrogens (tertiary/aromatic N) is 1. The third-order valence-electron chi connectivity index (χ3n) is 2.58. The van der Waals surface area contributed by atoms with Crippen LogP contribution in [0.15, 0.2) is 24.3 Å². The molecule has 0 aliphatic heterocycles. The number of hydrogen-bond acceptors (Lipinski definition) is 3. The van der Waals surface area contributed by atoms with Crippen molar-refractivity contribution < 1.29 is 14.7 Å². The number of carboxylic acids is 1. The highest BCUT2D eigenvalue weighted by Gasteiger charge is 2.15. The molecule has 0 aliphatic rings. The summed E-state index contributed by atoms with van der Waals surface area (Å²) in [6, 6.07) is 7.62. The van der Waals surface area contributed by atoms with Crippen molar-refractivity contribution in [3.05, 3.63) is 29.8 Å². The van der Waals surface area contributed by atoms with Gasteiger partial charge in [0, 0.05) is 12.2 Å². The van der Waals surface area contributed by atoms with E-state index >= 15 is 0 Å². The number of hydrogen-bond donors (Lipinski definition) is 2. The minimum Gasteiger partial charge on any atom is -0.480 e. The van der Waals surface area contributed by atoms with Crippen molar-refractivity contribution in [1.29, 1.82) is 0 Å². The van der Waals surface area contributed by atoms with Crippen LogP contribution in [0.1, 0.15) is 12.5 Å². The Morgan fingerprint density at radius 2 is 1.94 bits per heavy atom. The van der Waals surface area contributed by atoms with E-state index in [9.17, 15) is 9.59 Å². The van der Waals surface area contributed by atoms with Gasteiger partial charge in [-0.15, -0.1) is 0 Å². The molecule has 0 atom stereocenters. The second-order valence-corrected chi connectivity index (χ2v) is 3.92. The minimum absolute atomic E-state index is 0.0223. The summed E-state index contributed by atoms with van der Waals surface area (Å²) in [6.45, 7) is 4.20. The highest BCUT2D eigenvalue weighted by atomic mass is 16.4. The van der Waals surface area contributed by atoms with Crippen molar-refractivity contribution in [2.24, 2.45) is 0 Å². The normalized spacial score (nSPS) is 10.1. The first kappa shape index (κ1) is 14.2. The van der Waals surface area contributed by atoms with Crippen molar-refractivity contribution in [2.45, 2.75) is 13.8 Å². The molecule has 1 aromatic rings. The molecule has 2 N–H and O–H groups in total. The lowest BCUT2D eigenvalue weighted by molar-refractivity contribution is -0.135. The van der Waals surface area contributed by atoms with Gasteiger partial charge in [0.15, 0.2) is 0 Å². The molecule has 0 aromatic heterocycles. The molecule has 98 valence electrons. The Balaban J connectivity index is 2.69. The fourth-order valence-electron chi connectivity index (χ4n) is 1.72. The van der Waals surface area contributed by atoms with Gasteiger partial charge in [-0.25, -0.2) is 0 Å². The zero-order valence-electron chi connectivity index (χ0n) is 10.6. The van der Waals surface area contributed by atoms with E-state index in [2.05, 4.69) is 5.32 Å². The molecule has 0 heterocycles. The second-order valence-electron chi connectivity index (χ2n) is 3.92. The molecular formula is C13H18N2O3. The Morgan fingerprint density at radius 1 is 1.28 bits per heavy atom. The Morgan fingerprint density at radius 3 is 2.50 bits per heavy atom. The van der Waals surface area contributed by atoms with Crippen molar-refractivity contribution >= 4 is 17.6 Å². The summed E-state index contributed by atoms with van der Waals surface area (Å²) in [6.07, 6.45) is 0. The molecule has 1 aromatic carbocycles. The van der Waals surface area contributed by atoms with E-state index in [0.717, 1.165) is 11.3 Å². The van der Waals surface area contributed by atoms with E-state index in [1.54, 1.807) is 4.90 Å². The van der Waals surface area contributed by atoms with E-state index in [1.807, 2.05) is 38.1 Å². The number of anilines is 1. The van der Waals surface area contributed by atoms with Crippen molar-refractivity contribution in [3.63, 3.8) is 0 Å². The Bertz CT molecular complexity index is 432. The third kappa shape index (κ3) is 3.85. The van der Waals surface area contributed by atoms with Gasteiger partial charge in [-0.2, -0.15) is 0 Å². The summed E-state index contributed by atoms with van der Waals surface area (Å²) in [5.74, 6) is -1.10. The molecule has 0 saturated heterocycles. The van der Waals surface area contributed by atoms with Crippen LogP contribution in [0.25, 0.3) is 0 Å². The molecule has 5 nitrogen and oxygen atoms in total. The van der Waals surface area contributed by atoms with Crippen molar-refractivity contribution in [1.82, 2.24) is 5.32 Å². The molecule has 0 aliphatic carbocycles. The summed E-state index contributed by atoms with van der Waals surface area (Å²) in [4.78, 5) is 24.0. The number of carboxylic acid groups (broad SMARTS) is 1. The molecule has 1 amide bonds. The number of aliphatic carboxylic acids is 1. The molecule has 5 heteroatoms. The lowest BCUT2D eigenvalue weighted by Gasteiger charge is -2.23. The standard InChI is InChI=1S/C13H18N2O3/c1-3-15(11-7-5-4-6-10(11)2)12(16)8-14-9-13(17)18/h4-7,14H,3,8-9H2,1-2H3,(H,17,18). The Hall–Kier alpha value is -1.88. The fourth-order valence-corrected chi connectivity index (χ4v) is 1.72. The predicted molar refractivity (Wildman–Crippen MR) is 69.7 cm³/mol. The Kier molecular flexibility index (Phi) is 5.32. The largest absolute Gasteiger partial charge is 0.480 e. The van der Waals surface area contributed by atoms with E-state index in [-0.39, 0.29) is 19.0 Å². The first-order valence-electron chi connectivity index (χ1n) is 5.84. The van der Waals surface area contributed by atoms with Gasteiger partial charge in [0.1, 0.15) is 0 Å². The van der Waals surface area contributed by atoms with E-state index < -0.39 is 5.97 Å². The molecular weight excluding hydrogens is 232 g/mol. The number of benzene rings is 1. The first-order valence-corrected chi connectivity index (χ1v) is 5.84. The van der Waals surface area contributed by atoms with Crippen LogP contribution >= 0.6 is 0 Å². The number of carbonyl (C=O) groups is 2. The predicted octanol–water partition coefficient (Wildman–Crippen LogP) is 1.02. The van der Waals surface area contributed by atoms with Crippen LogP contribution in [0, 0.1) is 6.92 Å². The van der Waals surface area contributed by atoms with Crippen LogP contribution < -0.4 is 10.2 Å². The van der Waals surface area contributed by atoms with Crippen LogP contribution in [0.5, 0.6) is 0 Å². The molecule has 0 spiro atoms. The summed E-state index contributed by atoms with van der Waals surface area (Å²) in [5.41, 5.74) is 1.88. The van der Waals surface area contributed by atoms with Crippen LogP contribution in [-0.4, -0.2) is 36.6 Å². The van der Waals surface area contributed by atoms with Gasteiger partial charge in [-0.05, 0) is 25.5 Å². The molecule has 0 bridgehead atoms. The number of aryl methyl sites for hydroxylation is 1. The zero-order chi connectivity index (χ0) is 13.5. The smallest absolute Gasteiger partial charge is 0.317 e. The van der Waals surface area contributed by atoms with E-state index in [4.69, 9.17) is 5.11 Å². The molecule has 18 heavy (non-hydrogen) atoms. The van der Waals surface area contributed by atoms with Gasteiger partial charge >= 0.3 is 5.97 Å². The maximum absolute atomic E-state index is 12.0. The highest BCUT2D eigenvalue weighted by molar-refractivity contribution is 5.95. The summed E-state index contributed by atoms with van der Waals surface area (Å²) in [5, 5.41) is 11.1. The average molecular weight is 250 g/mol. The number of nitrogens with one attached hydrogen (secondary N) is 1. The number of rotatable bonds is 6. The topological polar surface area (TPSA) is 69.6 Å². The zero-order valence-corrected chi connectivity index (χ0v) is 10.6. The number of para-hydroxylation sites is 1. The van der Waals surface area contributed by atoms with Crippen LogP contribution in [-0.2, 0) is 9.59 Å². The molecule has 0 fully saturated rings. The summed E-state index contributed by atoms with van der Waals surface area (Å²) >= 11 is 0. The fraction of sp³-hybridized carbons (Fsp3) is 0.385. The van der Waals surface area contributed by atoms with Crippen LogP contribution in [0.2, 0.25) is 0 Å². The van der Waals surface area contributed by atoms with E-state index in [1.165, 1.54) is 0 Å². The average Bonchev–Trinajstić information content (AvgIpc) is 2.32. The van der Waals surface area contributed by atoms with Gasteiger partial charge in [-0.1, -0.05) is 18.2 Å². The maximum atomic E-state index is 12.0. The SMILES string of the molecule is CCN(C(=O)CNCC(=O)O)c1ccccc1C. The second kappa shape index (κ2) is 6.76. The lowest BCUT2D eigenvalue weighted by Crippen LogP contribution is -2.39. The van der Waals surface area contributed by atoms with Gasteiger partial charge in [0.05, 0.1) is 13.1 Å². The molecule has 0 radical (unpaired) electrons. The van der Waals surface area contributed by atoms with Crippen LogP contribution in [0.4, 0.5) is 5.69 Å². The van der Waals surface area contributed by atoms with Crippen LogP contribution in [0.3, 0.4) is 0 Å². The quantitative estimate of drug-likeness (QED) is 0.791. The molecule has 0 unspecified atom stereocenters. The Labute approximate surface area is 106 Å². The molecule has 0 saturated carbocycles. The first-order chi connectivity index (χ1) is 8.56. The number of carbonyl (C=O) groups excluding carboxylic acids is 1.